The molecule has 230 valence electrons. The van der Waals surface area contributed by atoms with Crippen molar-refractivity contribution in [3.8, 4) is 0 Å². The number of likely N-dealkylation sites (N-methyl/N-ethyl adjacent to an activating group) is 2. The molecule has 4 rings (SSSR count). The SMILES string of the molecule is CN(C)C(=O)C1([N+]2(CCC(CN(C)C(=O)Cc3cc(=O)[nH]c(=O)[nH]3)c3ccc(Cl)c(Cl)c3)CCCCC2)CCNCC1. The zero-order valence-electron chi connectivity index (χ0n) is 24.8. The lowest BCUT2D eigenvalue weighted by molar-refractivity contribution is -0.972. The largest absolute Gasteiger partial charge is 0.345 e. The number of carbonyl (C=O) groups is 2. The van der Waals surface area contributed by atoms with Crippen molar-refractivity contribution in [3.05, 3.63) is 66.4 Å². The Hall–Kier alpha value is -2.66. The standard InChI is InChI=1S/C30H42Cl2N6O4/c1-36(2)28(41)30(10-12-33-13-11-30)38(14-5-4-6-15-38)16-9-22(21-7-8-24(31)25(32)17-21)20-37(3)27(40)19-23-18-26(39)35-29(42)34-23/h7-8,17-18,22,33H,4-6,9-16,19-20H2,1-3H3,(H-,34,35,39,42)/p+1. The van der Waals surface area contributed by atoms with Gasteiger partial charge in [0.05, 0.1) is 36.1 Å². The van der Waals surface area contributed by atoms with Crippen LogP contribution in [0, 0.1) is 0 Å². The van der Waals surface area contributed by atoms with Gasteiger partial charge in [-0.2, -0.15) is 0 Å². The Bertz CT molecular complexity index is 1350. The molecule has 0 aliphatic carbocycles. The van der Waals surface area contributed by atoms with Gasteiger partial charge in [0.1, 0.15) is 0 Å². The summed E-state index contributed by atoms with van der Waals surface area (Å²) >= 11 is 12.7. The van der Waals surface area contributed by atoms with Crippen molar-refractivity contribution >= 4 is 35.0 Å². The summed E-state index contributed by atoms with van der Waals surface area (Å²) in [5.74, 6) is -0.0889. The first-order valence-corrected chi connectivity index (χ1v) is 15.5. The summed E-state index contributed by atoms with van der Waals surface area (Å²) in [7, 11) is 5.45. The quantitative estimate of drug-likeness (QED) is 0.353. The predicted octanol–water partition coefficient (Wildman–Crippen LogP) is 2.76. The smallest absolute Gasteiger partial charge is 0.325 e. The third kappa shape index (κ3) is 7.10. The van der Waals surface area contributed by atoms with Gasteiger partial charge in [-0.15, -0.1) is 0 Å². The molecule has 1 aromatic carbocycles. The topological polar surface area (TPSA) is 118 Å². The number of likely N-dealkylation sites (tertiary alicyclic amines) is 1. The Balaban J connectivity index is 1.63. The van der Waals surface area contributed by atoms with Crippen LogP contribution in [0.2, 0.25) is 10.0 Å². The Morgan fingerprint density at radius 2 is 1.67 bits per heavy atom. The number of quaternary nitrogens is 1. The van der Waals surface area contributed by atoms with Crippen molar-refractivity contribution in [1.29, 1.82) is 0 Å². The molecule has 0 saturated carbocycles. The average molecular weight is 623 g/mol. The Morgan fingerprint density at radius 1 is 0.976 bits per heavy atom. The van der Waals surface area contributed by atoms with Gasteiger partial charge in [-0.3, -0.25) is 19.4 Å². The van der Waals surface area contributed by atoms with Gasteiger partial charge >= 0.3 is 5.69 Å². The first-order chi connectivity index (χ1) is 20.0. The summed E-state index contributed by atoms with van der Waals surface area (Å²) < 4.78 is 0.759. The normalized spacial score (nSPS) is 18.7. The van der Waals surface area contributed by atoms with Crippen LogP contribution in [0.5, 0.6) is 0 Å². The van der Waals surface area contributed by atoms with Crippen molar-refractivity contribution in [2.45, 2.75) is 56.4 Å². The zero-order valence-corrected chi connectivity index (χ0v) is 26.3. The molecule has 0 spiro atoms. The van der Waals surface area contributed by atoms with Crippen LogP contribution in [0.3, 0.4) is 0 Å². The molecule has 2 fully saturated rings. The lowest BCUT2D eigenvalue weighted by Crippen LogP contribution is -2.74. The molecule has 1 unspecified atom stereocenters. The van der Waals surface area contributed by atoms with E-state index in [-0.39, 0.29) is 29.8 Å². The molecule has 42 heavy (non-hydrogen) atoms. The van der Waals surface area contributed by atoms with Crippen molar-refractivity contribution in [3.63, 3.8) is 0 Å². The highest BCUT2D eigenvalue weighted by Gasteiger charge is 2.57. The molecule has 1 aromatic heterocycles. The Labute approximate surface area is 257 Å². The maximum Gasteiger partial charge on any atom is 0.325 e. The van der Waals surface area contributed by atoms with Gasteiger partial charge in [-0.25, -0.2) is 4.79 Å². The van der Waals surface area contributed by atoms with Crippen molar-refractivity contribution in [2.24, 2.45) is 0 Å². The molecule has 10 nitrogen and oxygen atoms in total. The van der Waals surface area contributed by atoms with E-state index in [2.05, 4.69) is 15.3 Å². The number of amides is 2. The number of aromatic amines is 2. The summed E-state index contributed by atoms with van der Waals surface area (Å²) in [6, 6.07) is 6.84. The van der Waals surface area contributed by atoms with Gasteiger partial charge in [0.2, 0.25) is 5.91 Å². The van der Waals surface area contributed by atoms with E-state index < -0.39 is 16.8 Å². The number of aromatic nitrogens is 2. The summed E-state index contributed by atoms with van der Waals surface area (Å²) in [4.78, 5) is 58.7. The molecule has 3 N–H and O–H groups in total. The number of nitrogens with zero attached hydrogens (tertiary/aromatic N) is 3. The fraction of sp³-hybridized carbons (Fsp3) is 0.600. The molecule has 12 heteroatoms. The molecular formula is C30H43Cl2N6O4+. The molecule has 0 radical (unpaired) electrons. The van der Waals surface area contributed by atoms with E-state index in [1.807, 2.05) is 26.2 Å². The van der Waals surface area contributed by atoms with Gasteiger partial charge in [0.25, 0.3) is 11.5 Å². The van der Waals surface area contributed by atoms with Gasteiger partial charge in [-0.1, -0.05) is 29.3 Å². The lowest BCUT2D eigenvalue weighted by Gasteiger charge is -2.56. The summed E-state index contributed by atoms with van der Waals surface area (Å²) in [5.41, 5.74) is -0.434. The van der Waals surface area contributed by atoms with Crippen molar-refractivity contribution in [2.75, 3.05) is 60.4 Å². The fourth-order valence-electron chi connectivity index (χ4n) is 7.01. The van der Waals surface area contributed by atoms with E-state index in [0.717, 1.165) is 74.9 Å². The second kappa shape index (κ2) is 13.8. The number of rotatable bonds is 10. The lowest BCUT2D eigenvalue weighted by atomic mass is 9.79. The van der Waals surface area contributed by atoms with Crippen LogP contribution in [0.1, 0.15) is 55.7 Å². The summed E-state index contributed by atoms with van der Waals surface area (Å²) in [5, 5.41) is 4.38. The third-order valence-corrected chi connectivity index (χ3v) is 9.95. The molecule has 1 atom stereocenters. The molecule has 2 saturated heterocycles. The molecule has 3 heterocycles. The molecule has 2 aliphatic rings. The Kier molecular flexibility index (Phi) is 10.6. The first kappa shape index (κ1) is 32.3. The third-order valence-electron chi connectivity index (χ3n) is 9.21. The number of hydrogen-bond donors (Lipinski definition) is 3. The summed E-state index contributed by atoms with van der Waals surface area (Å²) in [6.07, 6.45) is 5.58. The van der Waals surface area contributed by atoms with E-state index >= 15 is 0 Å². The van der Waals surface area contributed by atoms with Gasteiger partial charge in [0, 0.05) is 77.7 Å². The number of H-pyrrole nitrogens is 2. The highest BCUT2D eigenvalue weighted by Crippen LogP contribution is 2.40. The van der Waals surface area contributed by atoms with Gasteiger partial charge < -0.3 is 24.6 Å². The van der Waals surface area contributed by atoms with Crippen molar-refractivity contribution in [1.82, 2.24) is 25.1 Å². The molecule has 0 bridgehead atoms. The molecule has 2 aromatic rings. The number of hydrogen-bond acceptors (Lipinski definition) is 5. The minimum Gasteiger partial charge on any atom is -0.345 e. The fourth-order valence-corrected chi connectivity index (χ4v) is 7.31. The number of carbonyl (C=O) groups excluding carboxylic acids is 2. The van der Waals surface area contributed by atoms with Crippen LogP contribution in [0.15, 0.2) is 33.9 Å². The second-order valence-corrected chi connectivity index (χ2v) is 12.9. The van der Waals surface area contributed by atoms with Gasteiger partial charge in [-0.05, 0) is 37.0 Å². The van der Waals surface area contributed by atoms with E-state index in [0.29, 0.717) is 16.6 Å². The zero-order chi connectivity index (χ0) is 30.5. The van der Waals surface area contributed by atoms with E-state index in [1.165, 1.54) is 12.5 Å². The minimum atomic E-state index is -0.642. The molecule has 2 amide bonds. The maximum absolute atomic E-state index is 14.0. The molecular weight excluding hydrogens is 579 g/mol. The first-order valence-electron chi connectivity index (χ1n) is 14.8. The molecule has 2 aliphatic heterocycles. The average Bonchev–Trinajstić information content (AvgIpc) is 2.96. The van der Waals surface area contributed by atoms with E-state index in [1.54, 1.807) is 22.9 Å². The predicted molar refractivity (Wildman–Crippen MR) is 165 cm³/mol. The maximum atomic E-state index is 14.0. The highest BCUT2D eigenvalue weighted by molar-refractivity contribution is 6.42. The van der Waals surface area contributed by atoms with E-state index in [4.69, 9.17) is 23.2 Å². The van der Waals surface area contributed by atoms with Crippen LogP contribution in [-0.4, -0.2) is 102 Å². The van der Waals surface area contributed by atoms with Crippen LogP contribution in [0.25, 0.3) is 0 Å². The highest BCUT2D eigenvalue weighted by atomic mass is 35.5. The van der Waals surface area contributed by atoms with Gasteiger partial charge in [0.15, 0.2) is 5.54 Å². The number of nitrogens with one attached hydrogen (secondary N) is 3. The number of benzene rings is 1. The van der Waals surface area contributed by atoms with Crippen LogP contribution in [0.4, 0.5) is 0 Å². The van der Waals surface area contributed by atoms with Crippen LogP contribution in [-0.2, 0) is 16.0 Å². The second-order valence-electron chi connectivity index (χ2n) is 12.1. The monoisotopic (exact) mass is 621 g/mol. The summed E-state index contributed by atoms with van der Waals surface area (Å²) in [6.45, 7) is 4.75. The Morgan fingerprint density at radius 3 is 2.29 bits per heavy atom. The number of halogens is 2. The van der Waals surface area contributed by atoms with E-state index in [9.17, 15) is 19.2 Å². The van der Waals surface area contributed by atoms with Crippen molar-refractivity contribution < 1.29 is 14.1 Å². The van der Waals surface area contributed by atoms with Crippen LogP contribution >= 0.6 is 23.2 Å². The van der Waals surface area contributed by atoms with Crippen LogP contribution < -0.4 is 16.6 Å². The number of piperidine rings is 2. The minimum absolute atomic E-state index is 0.0721.